The topological polar surface area (TPSA) is 28.0 Å². The average molecular weight is 219 g/mol. The first-order valence-corrected chi connectivity index (χ1v) is 5.92. The molecule has 0 spiro atoms. The fourth-order valence-electron chi connectivity index (χ4n) is 2.41. The summed E-state index contributed by atoms with van der Waals surface area (Å²) in [5, 5.41) is 10.8. The zero-order valence-corrected chi connectivity index (χ0v) is 11.1. The van der Waals surface area contributed by atoms with Crippen molar-refractivity contribution in [2.24, 2.45) is 16.3 Å². The van der Waals surface area contributed by atoms with Gasteiger partial charge in [0, 0.05) is 5.92 Å². The summed E-state index contributed by atoms with van der Waals surface area (Å²) in [6.07, 6.45) is 2.18. The predicted molar refractivity (Wildman–Crippen MR) is 65.9 cm³/mol. The highest BCUT2D eigenvalue weighted by Crippen LogP contribution is 2.40. The van der Waals surface area contributed by atoms with Crippen molar-refractivity contribution in [1.29, 1.82) is 0 Å². The van der Waals surface area contributed by atoms with E-state index in [2.05, 4.69) is 63.0 Å². The summed E-state index contributed by atoms with van der Waals surface area (Å²) in [4.78, 5) is 0. The molecule has 0 radical (unpaired) electrons. The monoisotopic (exact) mass is 219 g/mol. The van der Waals surface area contributed by atoms with Crippen LogP contribution in [0.15, 0.2) is 33.3 Å². The van der Waals surface area contributed by atoms with E-state index in [4.69, 9.17) is 0 Å². The van der Waals surface area contributed by atoms with Crippen LogP contribution in [0.3, 0.4) is 0 Å². The van der Waals surface area contributed by atoms with E-state index in [-0.39, 0.29) is 5.54 Å². The van der Waals surface area contributed by atoms with Crippen LogP contribution in [0.25, 0.3) is 0 Å². The van der Waals surface area contributed by atoms with Crippen LogP contribution in [-0.4, -0.2) is 16.6 Å². The molecule has 2 atom stereocenters. The normalized spacial score (nSPS) is 29.6. The lowest BCUT2D eigenvalue weighted by atomic mass is 9.83. The van der Waals surface area contributed by atoms with Gasteiger partial charge in [-0.25, -0.2) is 0 Å². The van der Waals surface area contributed by atoms with Crippen LogP contribution >= 0.6 is 0 Å². The minimum Gasteiger partial charge on any atom is -0.264 e. The molecule has 1 aliphatic heterocycles. The van der Waals surface area contributed by atoms with Gasteiger partial charge in [0.15, 0.2) is 0 Å². The summed E-state index contributed by atoms with van der Waals surface area (Å²) in [7, 11) is 0. The fraction of sp³-hybridized carbons (Fsp3) is 0.692. The third-order valence-electron chi connectivity index (χ3n) is 3.65. The van der Waals surface area contributed by atoms with Gasteiger partial charge in [-0.1, -0.05) is 17.7 Å². The average Bonchev–Trinajstić information content (AvgIpc) is 2.57. The van der Waals surface area contributed by atoms with Crippen molar-refractivity contribution in [3.63, 3.8) is 0 Å². The summed E-state index contributed by atoms with van der Waals surface area (Å²) in [5.74, 6) is 0.495. The van der Waals surface area contributed by atoms with Crippen molar-refractivity contribution in [1.82, 2.24) is 5.01 Å². The van der Waals surface area contributed by atoms with Crippen molar-refractivity contribution in [3.8, 4) is 0 Å². The molecule has 2 rings (SSSR count). The first-order valence-electron chi connectivity index (χ1n) is 5.92. The van der Waals surface area contributed by atoms with Crippen LogP contribution < -0.4 is 0 Å². The minimum atomic E-state index is 0.0313. The highest BCUT2D eigenvalue weighted by Gasteiger charge is 2.40. The van der Waals surface area contributed by atoms with Crippen LogP contribution in [-0.2, 0) is 0 Å². The fourth-order valence-corrected chi connectivity index (χ4v) is 2.41. The van der Waals surface area contributed by atoms with E-state index in [1.165, 1.54) is 11.1 Å². The molecule has 2 unspecified atom stereocenters. The molecule has 0 N–H and O–H groups in total. The van der Waals surface area contributed by atoms with Crippen molar-refractivity contribution in [2.45, 2.75) is 53.1 Å². The molecular formula is C13H21N3. The van der Waals surface area contributed by atoms with Crippen molar-refractivity contribution in [2.75, 3.05) is 0 Å². The highest BCUT2D eigenvalue weighted by molar-refractivity contribution is 5.37. The minimum absolute atomic E-state index is 0.0313. The first-order chi connectivity index (χ1) is 7.32. The highest BCUT2D eigenvalue weighted by atomic mass is 15.6. The summed E-state index contributed by atoms with van der Waals surface area (Å²) >= 11 is 0. The summed E-state index contributed by atoms with van der Waals surface area (Å²) in [6, 6.07) is 0.323. The van der Waals surface area contributed by atoms with Crippen molar-refractivity contribution >= 4 is 0 Å². The third-order valence-corrected chi connectivity index (χ3v) is 3.65. The number of allylic oxidation sites excluding steroid dienone is 2. The zero-order chi connectivity index (χ0) is 12.1. The largest absolute Gasteiger partial charge is 0.264 e. The summed E-state index contributed by atoms with van der Waals surface area (Å²) in [6.45, 7) is 13.2. The Morgan fingerprint density at radius 3 is 2.44 bits per heavy atom. The smallest absolute Gasteiger partial charge is 0.0995 e. The molecule has 3 nitrogen and oxygen atoms in total. The van der Waals surface area contributed by atoms with E-state index in [1.54, 1.807) is 0 Å². The number of hydrogen-bond donors (Lipinski definition) is 0. The predicted octanol–water partition coefficient (Wildman–Crippen LogP) is 3.71. The van der Waals surface area contributed by atoms with Gasteiger partial charge in [0.2, 0.25) is 0 Å². The molecule has 0 aromatic carbocycles. The molecule has 0 bridgehead atoms. The van der Waals surface area contributed by atoms with Crippen LogP contribution in [0.2, 0.25) is 0 Å². The number of hydrogen-bond acceptors (Lipinski definition) is 3. The van der Waals surface area contributed by atoms with E-state index in [1.807, 2.05) is 0 Å². The van der Waals surface area contributed by atoms with Gasteiger partial charge in [-0.2, -0.15) is 0 Å². The maximum Gasteiger partial charge on any atom is 0.0995 e. The Labute approximate surface area is 97.9 Å². The standard InChI is InChI=1S/C13H21N3/c1-8-7-11-12(10(3)9(8)2)16(15-14-11)13(4,5)6/h7,10,12H,1-6H3. The van der Waals surface area contributed by atoms with Crippen LogP contribution in [0.1, 0.15) is 41.5 Å². The van der Waals surface area contributed by atoms with Gasteiger partial charge in [0.25, 0.3) is 0 Å². The Morgan fingerprint density at radius 1 is 1.25 bits per heavy atom. The molecule has 0 amide bonds. The summed E-state index contributed by atoms with van der Waals surface area (Å²) < 4.78 is 0. The second-order valence-electron chi connectivity index (χ2n) is 5.87. The number of rotatable bonds is 0. The second kappa shape index (κ2) is 3.44. The zero-order valence-electron chi connectivity index (χ0n) is 11.1. The maximum atomic E-state index is 4.33. The molecule has 1 heterocycles. The van der Waals surface area contributed by atoms with E-state index in [0.29, 0.717) is 12.0 Å². The molecule has 2 aliphatic rings. The Morgan fingerprint density at radius 2 is 1.88 bits per heavy atom. The number of fused-ring (bicyclic) bond motifs is 1. The van der Waals surface area contributed by atoms with Crippen LogP contribution in [0, 0.1) is 5.92 Å². The molecule has 0 aromatic heterocycles. The van der Waals surface area contributed by atoms with Crippen LogP contribution in [0.5, 0.6) is 0 Å². The van der Waals surface area contributed by atoms with Gasteiger partial charge < -0.3 is 0 Å². The van der Waals surface area contributed by atoms with Crippen molar-refractivity contribution < 1.29 is 0 Å². The lowest BCUT2D eigenvalue weighted by molar-refractivity contribution is 0.0940. The molecule has 16 heavy (non-hydrogen) atoms. The second-order valence-corrected chi connectivity index (χ2v) is 5.87. The van der Waals surface area contributed by atoms with Crippen molar-refractivity contribution in [3.05, 3.63) is 22.9 Å². The first kappa shape index (κ1) is 11.4. The number of nitrogens with zero attached hydrogens (tertiary/aromatic N) is 3. The molecule has 3 heteroatoms. The van der Waals surface area contributed by atoms with Gasteiger partial charge in [0.1, 0.15) is 0 Å². The Hall–Kier alpha value is -1.12. The van der Waals surface area contributed by atoms with E-state index >= 15 is 0 Å². The van der Waals surface area contributed by atoms with Gasteiger partial charge in [-0.05, 0) is 46.3 Å². The van der Waals surface area contributed by atoms with Gasteiger partial charge in [0.05, 0.1) is 17.3 Å². The maximum absolute atomic E-state index is 4.33. The molecular weight excluding hydrogens is 198 g/mol. The van der Waals surface area contributed by atoms with Gasteiger partial charge in [-0.3, -0.25) is 5.01 Å². The Bertz CT molecular complexity index is 396. The third kappa shape index (κ3) is 1.58. The van der Waals surface area contributed by atoms with E-state index in [9.17, 15) is 0 Å². The molecule has 0 fully saturated rings. The van der Waals surface area contributed by atoms with E-state index in [0.717, 1.165) is 5.70 Å². The Kier molecular flexibility index (Phi) is 2.44. The lowest BCUT2D eigenvalue weighted by Gasteiger charge is -2.39. The summed E-state index contributed by atoms with van der Waals surface area (Å²) in [5.41, 5.74) is 3.94. The molecule has 0 saturated heterocycles. The molecule has 0 aromatic rings. The SMILES string of the molecule is CC1=C(C)C(C)C2C(=C1)N=NN2C(C)(C)C. The molecule has 0 saturated carbocycles. The Balaban J connectivity index is 2.39. The van der Waals surface area contributed by atoms with Crippen LogP contribution in [0.4, 0.5) is 0 Å². The van der Waals surface area contributed by atoms with Gasteiger partial charge >= 0.3 is 0 Å². The molecule has 1 aliphatic carbocycles. The quantitative estimate of drug-likeness (QED) is 0.610. The molecule has 88 valence electrons. The lowest BCUT2D eigenvalue weighted by Crippen LogP contribution is -2.46. The van der Waals surface area contributed by atoms with Gasteiger partial charge in [-0.15, -0.1) is 5.11 Å². The van der Waals surface area contributed by atoms with E-state index < -0.39 is 0 Å².